The molecule has 8 heteroatoms. The Morgan fingerprint density at radius 1 is 0.968 bits per heavy atom. The zero-order chi connectivity index (χ0) is 21.2. The van der Waals surface area contributed by atoms with Crippen LogP contribution in [-0.2, 0) is 6.54 Å². The third-order valence-corrected chi connectivity index (χ3v) is 6.33. The lowest BCUT2D eigenvalue weighted by Gasteiger charge is -2.36. The Labute approximate surface area is 186 Å². The van der Waals surface area contributed by atoms with Crippen molar-refractivity contribution in [2.45, 2.75) is 6.54 Å². The maximum absolute atomic E-state index is 5.05. The van der Waals surface area contributed by atoms with Gasteiger partial charge in [0, 0.05) is 49.5 Å². The summed E-state index contributed by atoms with van der Waals surface area (Å²) < 4.78 is 0. The Kier molecular flexibility index (Phi) is 5.48. The minimum absolute atomic E-state index is 0.723. The summed E-state index contributed by atoms with van der Waals surface area (Å²) in [4.78, 5) is 26.5. The molecule has 0 amide bonds. The van der Waals surface area contributed by atoms with Crippen LogP contribution in [0.3, 0.4) is 0 Å². The molecule has 0 radical (unpaired) electrons. The van der Waals surface area contributed by atoms with Crippen molar-refractivity contribution in [2.24, 2.45) is 0 Å². The summed E-state index contributed by atoms with van der Waals surface area (Å²) in [6.45, 7) is 4.26. The zero-order valence-electron chi connectivity index (χ0n) is 17.8. The van der Waals surface area contributed by atoms with E-state index in [9.17, 15) is 0 Å². The molecule has 0 aliphatic carbocycles. The van der Waals surface area contributed by atoms with Crippen LogP contribution >= 0.6 is 11.3 Å². The third-order valence-electron chi connectivity index (χ3n) is 5.46. The normalized spacial score (nSPS) is 14.5. The van der Waals surface area contributed by atoms with Gasteiger partial charge in [0.15, 0.2) is 0 Å². The van der Waals surface area contributed by atoms with Crippen molar-refractivity contribution in [1.29, 1.82) is 0 Å². The van der Waals surface area contributed by atoms with E-state index in [1.807, 2.05) is 6.20 Å². The molecular weight excluding hydrogens is 406 g/mol. The maximum Gasteiger partial charge on any atom is 0.147 e. The van der Waals surface area contributed by atoms with Crippen LogP contribution in [0.1, 0.15) is 5.82 Å². The zero-order valence-corrected chi connectivity index (χ0v) is 18.6. The first-order valence-electron chi connectivity index (χ1n) is 10.4. The average molecular weight is 432 g/mol. The molecule has 1 aromatic carbocycles. The fourth-order valence-electron chi connectivity index (χ4n) is 3.98. The number of benzene rings is 1. The predicted molar refractivity (Wildman–Crippen MR) is 127 cm³/mol. The van der Waals surface area contributed by atoms with Gasteiger partial charge in [-0.05, 0) is 19.7 Å². The highest BCUT2D eigenvalue weighted by Crippen LogP contribution is 2.38. The van der Waals surface area contributed by atoms with Crippen molar-refractivity contribution in [1.82, 2.24) is 24.8 Å². The van der Waals surface area contributed by atoms with E-state index < -0.39 is 0 Å². The molecule has 0 N–H and O–H groups in total. The van der Waals surface area contributed by atoms with E-state index in [0.29, 0.717) is 0 Å². The average Bonchev–Trinajstić information content (AvgIpc) is 3.23. The summed E-state index contributed by atoms with van der Waals surface area (Å²) in [5.41, 5.74) is 2.42. The quantitative estimate of drug-likeness (QED) is 0.479. The molecule has 1 aliphatic heterocycles. The topological polar surface area (TPSA) is 61.3 Å². The minimum atomic E-state index is 0.723. The Morgan fingerprint density at radius 3 is 2.45 bits per heavy atom. The maximum atomic E-state index is 5.05. The Morgan fingerprint density at radius 2 is 1.74 bits per heavy atom. The van der Waals surface area contributed by atoms with Crippen LogP contribution in [-0.4, -0.2) is 65.1 Å². The number of anilines is 2. The van der Waals surface area contributed by atoms with Crippen molar-refractivity contribution < 1.29 is 0 Å². The Bertz CT molecular complexity index is 1150. The van der Waals surface area contributed by atoms with Gasteiger partial charge in [0.05, 0.1) is 18.1 Å². The third kappa shape index (κ3) is 4.08. The molecule has 0 bridgehead atoms. The van der Waals surface area contributed by atoms with E-state index in [1.165, 1.54) is 11.1 Å². The lowest BCUT2D eigenvalue weighted by Crippen LogP contribution is -2.47. The summed E-state index contributed by atoms with van der Waals surface area (Å²) >= 11 is 1.70. The Hall–Kier alpha value is -3.10. The van der Waals surface area contributed by atoms with Crippen molar-refractivity contribution in [3.8, 4) is 11.1 Å². The largest absolute Gasteiger partial charge is 0.352 e. The molecule has 4 heterocycles. The van der Waals surface area contributed by atoms with Crippen LogP contribution in [0.5, 0.6) is 0 Å². The summed E-state index contributed by atoms with van der Waals surface area (Å²) in [7, 11) is 4.10. The summed E-state index contributed by atoms with van der Waals surface area (Å²) in [6, 6.07) is 10.5. The second-order valence-electron chi connectivity index (χ2n) is 7.93. The number of thiophene rings is 1. The number of nitrogens with zero attached hydrogens (tertiary/aromatic N) is 7. The monoisotopic (exact) mass is 431 g/mol. The molecule has 0 unspecified atom stereocenters. The lowest BCUT2D eigenvalue weighted by molar-refractivity contribution is 0.391. The van der Waals surface area contributed by atoms with Crippen LogP contribution in [0.15, 0.2) is 54.3 Å². The van der Waals surface area contributed by atoms with Crippen LogP contribution < -0.4 is 9.80 Å². The molecule has 7 nitrogen and oxygen atoms in total. The SMILES string of the molecule is CN(C)Cc1nc(N2CCN(c3cnccn3)CC2)c2c(-c3ccccc3)csc2n1. The van der Waals surface area contributed by atoms with Gasteiger partial charge in [0.2, 0.25) is 0 Å². The van der Waals surface area contributed by atoms with Gasteiger partial charge in [-0.1, -0.05) is 30.3 Å². The van der Waals surface area contributed by atoms with Crippen LogP contribution in [0, 0.1) is 0 Å². The van der Waals surface area contributed by atoms with Gasteiger partial charge in [-0.15, -0.1) is 11.3 Å². The van der Waals surface area contributed by atoms with Gasteiger partial charge in [0.25, 0.3) is 0 Å². The van der Waals surface area contributed by atoms with Crippen LogP contribution in [0.25, 0.3) is 21.3 Å². The molecule has 3 aromatic heterocycles. The van der Waals surface area contributed by atoms with Gasteiger partial charge in [-0.25, -0.2) is 15.0 Å². The van der Waals surface area contributed by atoms with Gasteiger partial charge in [0.1, 0.15) is 22.3 Å². The number of piperazine rings is 1. The summed E-state index contributed by atoms with van der Waals surface area (Å²) in [5.74, 6) is 2.84. The van der Waals surface area contributed by atoms with Gasteiger partial charge < -0.3 is 14.7 Å². The fourth-order valence-corrected chi connectivity index (χ4v) is 4.94. The summed E-state index contributed by atoms with van der Waals surface area (Å²) in [5, 5.41) is 3.37. The molecule has 1 aliphatic rings. The highest BCUT2D eigenvalue weighted by atomic mass is 32.1. The van der Waals surface area contributed by atoms with Crippen molar-refractivity contribution in [2.75, 3.05) is 50.1 Å². The van der Waals surface area contributed by atoms with E-state index >= 15 is 0 Å². The molecule has 0 saturated carbocycles. The van der Waals surface area contributed by atoms with E-state index in [1.54, 1.807) is 23.7 Å². The van der Waals surface area contributed by atoms with Crippen molar-refractivity contribution >= 4 is 33.2 Å². The number of hydrogen-bond acceptors (Lipinski definition) is 8. The lowest BCUT2D eigenvalue weighted by atomic mass is 10.1. The Balaban J connectivity index is 1.52. The number of aromatic nitrogens is 4. The first-order valence-corrected chi connectivity index (χ1v) is 11.3. The molecule has 0 spiro atoms. The summed E-state index contributed by atoms with van der Waals surface area (Å²) in [6.07, 6.45) is 5.30. The first-order chi connectivity index (χ1) is 15.2. The van der Waals surface area contributed by atoms with Crippen LogP contribution in [0.2, 0.25) is 0 Å². The molecule has 1 saturated heterocycles. The van der Waals surface area contributed by atoms with Crippen molar-refractivity contribution in [3.63, 3.8) is 0 Å². The predicted octanol–water partition coefficient (Wildman–Crippen LogP) is 3.54. The van der Waals surface area contributed by atoms with E-state index in [0.717, 1.165) is 60.4 Å². The molecule has 1 fully saturated rings. The molecule has 0 atom stereocenters. The highest BCUT2D eigenvalue weighted by molar-refractivity contribution is 7.17. The van der Waals surface area contributed by atoms with E-state index in [4.69, 9.17) is 9.97 Å². The number of fused-ring (bicyclic) bond motifs is 1. The number of rotatable bonds is 5. The molecule has 31 heavy (non-hydrogen) atoms. The van der Waals surface area contributed by atoms with Gasteiger partial charge >= 0.3 is 0 Å². The van der Waals surface area contributed by atoms with Gasteiger partial charge in [-0.3, -0.25) is 4.98 Å². The first kappa shape index (κ1) is 19.8. The molecule has 5 rings (SSSR count). The molecule has 4 aromatic rings. The standard InChI is InChI=1S/C23H25N7S/c1-28(2)15-19-26-22(30-12-10-29(11-13-30)20-14-24-8-9-25-20)21-18(16-31-23(21)27-19)17-6-4-3-5-7-17/h3-9,14,16H,10-13,15H2,1-2H3. The highest BCUT2D eigenvalue weighted by Gasteiger charge is 2.24. The van der Waals surface area contributed by atoms with Gasteiger partial charge in [-0.2, -0.15) is 0 Å². The van der Waals surface area contributed by atoms with Crippen molar-refractivity contribution in [3.05, 3.63) is 60.1 Å². The second kappa shape index (κ2) is 8.56. The smallest absolute Gasteiger partial charge is 0.147 e. The second-order valence-corrected chi connectivity index (χ2v) is 8.79. The minimum Gasteiger partial charge on any atom is -0.352 e. The number of hydrogen-bond donors (Lipinski definition) is 0. The van der Waals surface area contributed by atoms with E-state index in [2.05, 4.69) is 74.5 Å². The molecule has 158 valence electrons. The molecular formula is C23H25N7S. The fraction of sp³-hybridized carbons (Fsp3) is 0.304. The van der Waals surface area contributed by atoms with Crippen LogP contribution in [0.4, 0.5) is 11.6 Å². The van der Waals surface area contributed by atoms with E-state index in [-0.39, 0.29) is 0 Å².